The predicted octanol–water partition coefficient (Wildman–Crippen LogP) is 2.33. The molecular weight excluding hydrogens is 346 g/mol. The molecule has 0 bridgehead atoms. The van der Waals surface area contributed by atoms with E-state index in [1.54, 1.807) is 0 Å². The van der Waals surface area contributed by atoms with E-state index in [0.717, 1.165) is 40.4 Å². The first kappa shape index (κ1) is 17.9. The maximum absolute atomic E-state index is 13.2. The van der Waals surface area contributed by atoms with Crippen LogP contribution in [-0.4, -0.2) is 40.6 Å². The molecule has 2 aromatic rings. The van der Waals surface area contributed by atoms with Gasteiger partial charge < -0.3 is 19.1 Å². The monoisotopic (exact) mass is 371 g/mol. The quantitative estimate of drug-likeness (QED) is 0.807. The van der Waals surface area contributed by atoms with Crippen molar-refractivity contribution in [1.29, 1.82) is 0 Å². The summed E-state index contributed by atoms with van der Waals surface area (Å²) in [5.41, 5.74) is 4.16. The zero-order chi connectivity index (χ0) is 19.0. The van der Waals surface area contributed by atoms with Gasteiger partial charge in [-0.15, -0.1) is 0 Å². The molecule has 7 heteroatoms. The molecular formula is C20H25N3O4. The molecule has 0 spiro atoms. The topological polar surface area (TPSA) is 65.8 Å². The summed E-state index contributed by atoms with van der Waals surface area (Å²) in [6.07, 6.45) is 0.779. The first-order valence-electron chi connectivity index (χ1n) is 9.27. The van der Waals surface area contributed by atoms with Crippen LogP contribution in [0.5, 0.6) is 11.5 Å². The van der Waals surface area contributed by atoms with Gasteiger partial charge in [-0.1, -0.05) is 6.07 Å². The molecule has 0 aliphatic carbocycles. The minimum atomic E-state index is -0.0729. The molecule has 2 aliphatic rings. The molecule has 1 amide bonds. The number of carbonyl (C=O) groups excluding carboxylic acids is 1. The van der Waals surface area contributed by atoms with E-state index in [4.69, 9.17) is 14.2 Å². The number of amides is 1. The summed E-state index contributed by atoms with van der Waals surface area (Å²) >= 11 is 0. The molecule has 1 saturated heterocycles. The minimum absolute atomic E-state index is 0.0729. The number of aromatic nitrogens is 2. The van der Waals surface area contributed by atoms with Gasteiger partial charge in [-0.25, -0.2) is 0 Å². The maximum atomic E-state index is 13.2. The highest BCUT2D eigenvalue weighted by Crippen LogP contribution is 2.33. The first-order chi connectivity index (χ1) is 13.0. The van der Waals surface area contributed by atoms with Crippen molar-refractivity contribution in [1.82, 2.24) is 14.7 Å². The average Bonchev–Trinajstić information content (AvgIpc) is 3.38. The maximum Gasteiger partial charge on any atom is 0.231 e. The normalized spacial score (nSPS) is 18.1. The molecule has 7 nitrogen and oxygen atoms in total. The van der Waals surface area contributed by atoms with Crippen molar-refractivity contribution in [3.05, 3.63) is 40.7 Å². The summed E-state index contributed by atoms with van der Waals surface area (Å²) in [6.45, 7) is 6.48. The third kappa shape index (κ3) is 3.51. The van der Waals surface area contributed by atoms with Crippen LogP contribution in [0.15, 0.2) is 18.2 Å². The summed E-state index contributed by atoms with van der Waals surface area (Å²) in [4.78, 5) is 15.1. The largest absolute Gasteiger partial charge is 0.454 e. The molecule has 1 aromatic heterocycles. The lowest BCUT2D eigenvalue weighted by Crippen LogP contribution is -2.36. The van der Waals surface area contributed by atoms with Crippen LogP contribution in [0, 0.1) is 19.8 Å². The fourth-order valence-corrected chi connectivity index (χ4v) is 3.70. The Morgan fingerprint density at radius 2 is 2.07 bits per heavy atom. The minimum Gasteiger partial charge on any atom is -0.454 e. The smallest absolute Gasteiger partial charge is 0.231 e. The highest BCUT2D eigenvalue weighted by atomic mass is 16.7. The second kappa shape index (κ2) is 7.23. The van der Waals surface area contributed by atoms with Crippen molar-refractivity contribution >= 4 is 5.91 Å². The second-order valence-electron chi connectivity index (χ2n) is 7.22. The van der Waals surface area contributed by atoms with Gasteiger partial charge in [0.15, 0.2) is 11.5 Å². The van der Waals surface area contributed by atoms with Gasteiger partial charge in [0, 0.05) is 38.0 Å². The van der Waals surface area contributed by atoms with Gasteiger partial charge in [0.1, 0.15) is 0 Å². The highest BCUT2D eigenvalue weighted by Gasteiger charge is 2.29. The molecule has 1 aromatic carbocycles. The van der Waals surface area contributed by atoms with Crippen molar-refractivity contribution in [3.8, 4) is 11.5 Å². The van der Waals surface area contributed by atoms with Crippen LogP contribution in [0.25, 0.3) is 0 Å². The summed E-state index contributed by atoms with van der Waals surface area (Å²) in [5.74, 6) is 1.54. The van der Waals surface area contributed by atoms with E-state index in [1.807, 2.05) is 48.7 Å². The first-order valence-corrected chi connectivity index (χ1v) is 9.27. The van der Waals surface area contributed by atoms with Gasteiger partial charge >= 0.3 is 0 Å². The number of ether oxygens (including phenoxy) is 3. The Morgan fingerprint density at radius 3 is 2.78 bits per heavy atom. The van der Waals surface area contributed by atoms with E-state index in [-0.39, 0.29) is 18.6 Å². The molecule has 0 unspecified atom stereocenters. The molecule has 3 heterocycles. The number of nitrogens with zero attached hydrogens (tertiary/aromatic N) is 3. The van der Waals surface area contributed by atoms with Crippen molar-refractivity contribution in [3.63, 3.8) is 0 Å². The number of benzene rings is 1. The Kier molecular flexibility index (Phi) is 4.78. The van der Waals surface area contributed by atoms with Crippen LogP contribution in [0.3, 0.4) is 0 Å². The van der Waals surface area contributed by atoms with Gasteiger partial charge in [-0.05, 0) is 38.0 Å². The molecule has 1 atom stereocenters. The Labute approximate surface area is 158 Å². The Balaban J connectivity index is 1.60. The highest BCUT2D eigenvalue weighted by molar-refractivity contribution is 5.79. The molecule has 144 valence electrons. The molecule has 0 N–H and O–H groups in total. The van der Waals surface area contributed by atoms with Gasteiger partial charge in [-0.3, -0.25) is 9.48 Å². The molecule has 4 rings (SSSR count). The summed E-state index contributed by atoms with van der Waals surface area (Å²) < 4.78 is 18.2. The van der Waals surface area contributed by atoms with Crippen molar-refractivity contribution in [2.45, 2.75) is 33.4 Å². The predicted molar refractivity (Wildman–Crippen MR) is 98.4 cm³/mol. The molecule has 0 saturated carbocycles. The molecule has 27 heavy (non-hydrogen) atoms. The molecule has 1 fully saturated rings. The van der Waals surface area contributed by atoms with Gasteiger partial charge in [-0.2, -0.15) is 5.10 Å². The Morgan fingerprint density at radius 1 is 1.26 bits per heavy atom. The van der Waals surface area contributed by atoms with Crippen LogP contribution in [0.2, 0.25) is 0 Å². The number of rotatable bonds is 5. The van der Waals surface area contributed by atoms with Crippen molar-refractivity contribution in [2.24, 2.45) is 13.0 Å². The van der Waals surface area contributed by atoms with E-state index in [0.29, 0.717) is 26.3 Å². The second-order valence-corrected chi connectivity index (χ2v) is 7.22. The van der Waals surface area contributed by atoms with Crippen LogP contribution < -0.4 is 9.47 Å². The van der Waals surface area contributed by atoms with Gasteiger partial charge in [0.05, 0.1) is 18.2 Å². The van der Waals surface area contributed by atoms with Crippen molar-refractivity contribution < 1.29 is 19.0 Å². The SMILES string of the molecule is Cc1nn(C)c(C)c1CN(Cc1ccc2c(c1)OCO2)C(=O)[C@@H]1CCOC1. The number of fused-ring (bicyclic) bond motifs is 1. The lowest BCUT2D eigenvalue weighted by molar-refractivity contribution is -0.136. The van der Waals surface area contributed by atoms with Crippen LogP contribution >= 0.6 is 0 Å². The van der Waals surface area contributed by atoms with Crippen LogP contribution in [-0.2, 0) is 29.7 Å². The molecule has 2 aliphatic heterocycles. The van der Waals surface area contributed by atoms with E-state index in [1.165, 1.54) is 0 Å². The summed E-state index contributed by atoms with van der Waals surface area (Å²) in [7, 11) is 1.93. The lowest BCUT2D eigenvalue weighted by Gasteiger charge is -2.26. The summed E-state index contributed by atoms with van der Waals surface area (Å²) in [6, 6.07) is 5.85. The average molecular weight is 371 g/mol. The Hall–Kier alpha value is -2.54. The standard InChI is InChI=1S/C20H25N3O4/c1-13-17(14(2)22(3)21-13)10-23(20(24)16-6-7-25-11-16)9-15-4-5-18-19(8-15)27-12-26-18/h4-5,8,16H,6-7,9-12H2,1-3H3/t16-/m1/s1. The lowest BCUT2D eigenvalue weighted by atomic mass is 10.1. The fraction of sp³-hybridized carbons (Fsp3) is 0.500. The van der Waals surface area contributed by atoms with E-state index in [2.05, 4.69) is 5.10 Å². The number of hydrogen-bond acceptors (Lipinski definition) is 5. The van der Waals surface area contributed by atoms with Gasteiger partial charge in [0.25, 0.3) is 0 Å². The third-order valence-electron chi connectivity index (χ3n) is 5.41. The van der Waals surface area contributed by atoms with E-state index >= 15 is 0 Å². The van der Waals surface area contributed by atoms with Crippen LogP contribution in [0.1, 0.15) is 28.9 Å². The fourth-order valence-electron chi connectivity index (χ4n) is 3.70. The molecule has 0 radical (unpaired) electrons. The van der Waals surface area contributed by atoms with E-state index in [9.17, 15) is 4.79 Å². The third-order valence-corrected chi connectivity index (χ3v) is 5.41. The number of aryl methyl sites for hydroxylation is 2. The Bertz CT molecular complexity index is 855. The number of hydrogen-bond donors (Lipinski definition) is 0. The summed E-state index contributed by atoms with van der Waals surface area (Å²) in [5, 5.41) is 4.49. The van der Waals surface area contributed by atoms with Crippen LogP contribution in [0.4, 0.5) is 0 Å². The van der Waals surface area contributed by atoms with Gasteiger partial charge in [0.2, 0.25) is 12.7 Å². The zero-order valence-corrected chi connectivity index (χ0v) is 16.0. The number of carbonyl (C=O) groups is 1. The zero-order valence-electron chi connectivity index (χ0n) is 16.0. The van der Waals surface area contributed by atoms with E-state index < -0.39 is 0 Å². The van der Waals surface area contributed by atoms with Crippen molar-refractivity contribution in [2.75, 3.05) is 20.0 Å².